The van der Waals surface area contributed by atoms with Crippen LogP contribution in [-0.4, -0.2) is 17.4 Å². The Morgan fingerprint density at radius 3 is 2.50 bits per heavy atom. The predicted molar refractivity (Wildman–Crippen MR) is 85.2 cm³/mol. The molecule has 0 unspecified atom stereocenters. The number of nitrogen functional groups attached to an aromatic ring is 1. The topological polar surface area (TPSA) is 46.3 Å². The summed E-state index contributed by atoms with van der Waals surface area (Å²) in [5.41, 5.74) is 7.48. The molecule has 1 aromatic carbocycles. The summed E-state index contributed by atoms with van der Waals surface area (Å²) in [6.07, 6.45) is 0.916. The van der Waals surface area contributed by atoms with Crippen LogP contribution in [0.2, 0.25) is 4.34 Å². The van der Waals surface area contributed by atoms with E-state index in [9.17, 15) is 4.79 Å². The monoisotopic (exact) mass is 308 g/mol. The van der Waals surface area contributed by atoms with Gasteiger partial charge in [0, 0.05) is 18.8 Å². The molecule has 2 N–H and O–H groups in total. The molecule has 1 amide bonds. The number of carbonyl (C=O) groups is 1. The number of anilines is 1. The van der Waals surface area contributed by atoms with Crippen molar-refractivity contribution in [2.24, 2.45) is 0 Å². The summed E-state index contributed by atoms with van der Waals surface area (Å²) < 4.78 is 0.636. The van der Waals surface area contributed by atoms with Crippen LogP contribution in [0.15, 0.2) is 36.4 Å². The molecule has 0 aliphatic rings. The van der Waals surface area contributed by atoms with Crippen molar-refractivity contribution >= 4 is 34.5 Å². The van der Waals surface area contributed by atoms with E-state index < -0.39 is 0 Å². The van der Waals surface area contributed by atoms with Crippen molar-refractivity contribution in [3.8, 4) is 0 Å². The van der Waals surface area contributed by atoms with Gasteiger partial charge in [0.05, 0.1) is 9.21 Å². The lowest BCUT2D eigenvalue weighted by atomic mass is 10.2. The van der Waals surface area contributed by atoms with Crippen LogP contribution in [0.25, 0.3) is 0 Å². The number of nitrogens with two attached hydrogens (primary N) is 1. The van der Waals surface area contributed by atoms with E-state index in [-0.39, 0.29) is 5.91 Å². The van der Waals surface area contributed by atoms with Crippen molar-refractivity contribution in [1.29, 1.82) is 0 Å². The Labute approximate surface area is 128 Å². The quantitative estimate of drug-likeness (QED) is 0.847. The van der Waals surface area contributed by atoms with E-state index in [1.54, 1.807) is 12.1 Å². The molecule has 3 nitrogen and oxygen atoms in total. The van der Waals surface area contributed by atoms with Gasteiger partial charge in [-0.25, -0.2) is 0 Å². The first-order chi connectivity index (χ1) is 9.60. The van der Waals surface area contributed by atoms with Crippen molar-refractivity contribution in [3.05, 3.63) is 51.2 Å². The number of nitrogens with zero attached hydrogens (tertiary/aromatic N) is 1. The molecule has 0 radical (unpaired) electrons. The lowest BCUT2D eigenvalue weighted by Crippen LogP contribution is -2.30. The number of rotatable bonds is 5. The van der Waals surface area contributed by atoms with E-state index in [0.29, 0.717) is 15.8 Å². The van der Waals surface area contributed by atoms with Gasteiger partial charge >= 0.3 is 0 Å². The van der Waals surface area contributed by atoms with Crippen molar-refractivity contribution in [2.75, 3.05) is 12.3 Å². The molecule has 2 rings (SSSR count). The molecule has 0 aliphatic carbocycles. The van der Waals surface area contributed by atoms with E-state index in [0.717, 1.165) is 24.2 Å². The summed E-state index contributed by atoms with van der Waals surface area (Å²) in [7, 11) is 0. The molecule has 1 aromatic heterocycles. The lowest BCUT2D eigenvalue weighted by Gasteiger charge is -2.21. The van der Waals surface area contributed by atoms with E-state index in [1.165, 1.54) is 11.3 Å². The van der Waals surface area contributed by atoms with Crippen LogP contribution in [-0.2, 0) is 6.54 Å². The molecule has 0 aliphatic heterocycles. The van der Waals surface area contributed by atoms with Gasteiger partial charge < -0.3 is 10.6 Å². The third kappa shape index (κ3) is 3.74. The zero-order chi connectivity index (χ0) is 14.5. The smallest absolute Gasteiger partial charge is 0.264 e. The molecule has 0 bridgehead atoms. The molecule has 0 saturated carbocycles. The minimum atomic E-state index is 0.0283. The second kappa shape index (κ2) is 6.77. The summed E-state index contributed by atoms with van der Waals surface area (Å²) in [5, 5.41) is 0. The molecular formula is C15H17ClN2OS. The highest BCUT2D eigenvalue weighted by molar-refractivity contribution is 7.17. The highest BCUT2D eigenvalue weighted by atomic mass is 35.5. The number of carbonyl (C=O) groups excluding carboxylic acids is 1. The van der Waals surface area contributed by atoms with Gasteiger partial charge in [-0.2, -0.15) is 0 Å². The van der Waals surface area contributed by atoms with Gasteiger partial charge in [-0.15, -0.1) is 11.3 Å². The number of hydrogen-bond acceptors (Lipinski definition) is 3. The van der Waals surface area contributed by atoms with E-state index in [1.807, 2.05) is 29.2 Å². The fourth-order valence-electron chi connectivity index (χ4n) is 1.95. The van der Waals surface area contributed by atoms with E-state index in [2.05, 4.69) is 6.92 Å². The van der Waals surface area contributed by atoms with Gasteiger partial charge in [0.25, 0.3) is 5.91 Å². The summed E-state index contributed by atoms with van der Waals surface area (Å²) in [6.45, 7) is 3.37. The van der Waals surface area contributed by atoms with Crippen LogP contribution < -0.4 is 5.73 Å². The molecule has 1 heterocycles. The predicted octanol–water partition coefficient (Wildman–Crippen LogP) is 4.04. The normalized spacial score (nSPS) is 10.5. The maximum absolute atomic E-state index is 12.5. The maximum atomic E-state index is 12.5. The summed E-state index contributed by atoms with van der Waals surface area (Å²) in [6, 6.07) is 11.1. The van der Waals surface area contributed by atoms with Gasteiger partial charge in [0.2, 0.25) is 0 Å². The fourth-order valence-corrected chi connectivity index (χ4v) is 2.96. The standard InChI is InChI=1S/C15H17ClN2OS/c1-2-9-18(10-11-3-5-12(17)6-4-11)15(19)13-7-8-14(16)20-13/h3-8H,2,9-10,17H2,1H3. The van der Waals surface area contributed by atoms with E-state index in [4.69, 9.17) is 17.3 Å². The lowest BCUT2D eigenvalue weighted by molar-refractivity contribution is 0.0748. The molecule has 0 fully saturated rings. The zero-order valence-corrected chi connectivity index (χ0v) is 12.9. The largest absolute Gasteiger partial charge is 0.399 e. The minimum absolute atomic E-state index is 0.0283. The Morgan fingerprint density at radius 1 is 1.25 bits per heavy atom. The maximum Gasteiger partial charge on any atom is 0.264 e. The van der Waals surface area contributed by atoms with E-state index >= 15 is 0 Å². The third-order valence-electron chi connectivity index (χ3n) is 2.92. The first kappa shape index (κ1) is 14.9. The Bertz CT molecular complexity index is 580. The van der Waals surface area contributed by atoms with Crippen LogP contribution >= 0.6 is 22.9 Å². The molecule has 106 valence electrons. The van der Waals surface area contributed by atoms with Crippen molar-refractivity contribution < 1.29 is 4.79 Å². The summed E-state index contributed by atoms with van der Waals surface area (Å²) >= 11 is 7.21. The molecule has 20 heavy (non-hydrogen) atoms. The van der Waals surface area contributed by atoms with Crippen LogP contribution in [0.5, 0.6) is 0 Å². The number of halogens is 1. The van der Waals surface area contributed by atoms with Gasteiger partial charge in [0.1, 0.15) is 0 Å². The Kier molecular flexibility index (Phi) is 5.04. The first-order valence-corrected chi connectivity index (χ1v) is 7.68. The number of benzene rings is 1. The van der Waals surface area contributed by atoms with Gasteiger partial charge in [-0.3, -0.25) is 4.79 Å². The highest BCUT2D eigenvalue weighted by Crippen LogP contribution is 2.23. The summed E-state index contributed by atoms with van der Waals surface area (Å²) in [4.78, 5) is 15.0. The molecule has 2 aromatic rings. The second-order valence-electron chi connectivity index (χ2n) is 4.57. The van der Waals surface area contributed by atoms with Gasteiger partial charge in [-0.1, -0.05) is 30.7 Å². The summed E-state index contributed by atoms with van der Waals surface area (Å²) in [5.74, 6) is 0.0283. The van der Waals surface area contributed by atoms with Crippen molar-refractivity contribution in [3.63, 3.8) is 0 Å². The second-order valence-corrected chi connectivity index (χ2v) is 6.29. The molecular weight excluding hydrogens is 292 g/mol. The third-order valence-corrected chi connectivity index (χ3v) is 4.14. The van der Waals surface area contributed by atoms with Crippen molar-refractivity contribution in [2.45, 2.75) is 19.9 Å². The zero-order valence-electron chi connectivity index (χ0n) is 11.3. The molecule has 0 atom stereocenters. The number of amides is 1. The van der Waals surface area contributed by atoms with Crippen LogP contribution in [0.3, 0.4) is 0 Å². The van der Waals surface area contributed by atoms with Gasteiger partial charge in [0.15, 0.2) is 0 Å². The number of thiophene rings is 1. The molecule has 0 saturated heterocycles. The minimum Gasteiger partial charge on any atom is -0.399 e. The Hall–Kier alpha value is -1.52. The average molecular weight is 309 g/mol. The van der Waals surface area contributed by atoms with Gasteiger partial charge in [-0.05, 0) is 36.2 Å². The molecule has 5 heteroatoms. The Balaban J connectivity index is 2.14. The van der Waals surface area contributed by atoms with Crippen LogP contribution in [0, 0.1) is 0 Å². The fraction of sp³-hybridized carbons (Fsp3) is 0.267. The first-order valence-electron chi connectivity index (χ1n) is 6.49. The highest BCUT2D eigenvalue weighted by Gasteiger charge is 2.17. The van der Waals surface area contributed by atoms with Crippen LogP contribution in [0.1, 0.15) is 28.6 Å². The Morgan fingerprint density at radius 2 is 1.95 bits per heavy atom. The molecule has 0 spiro atoms. The SMILES string of the molecule is CCCN(Cc1ccc(N)cc1)C(=O)c1ccc(Cl)s1. The van der Waals surface area contributed by atoms with Crippen molar-refractivity contribution in [1.82, 2.24) is 4.90 Å². The average Bonchev–Trinajstić information content (AvgIpc) is 2.86. The van der Waals surface area contributed by atoms with Crippen LogP contribution in [0.4, 0.5) is 5.69 Å². The number of hydrogen-bond donors (Lipinski definition) is 1.